The van der Waals surface area contributed by atoms with Crippen molar-refractivity contribution < 1.29 is 14.3 Å². The predicted octanol–water partition coefficient (Wildman–Crippen LogP) is 4.53. The standard InChI is InChI=1S/C30H41N5O3/c1-20-31-27-19-33(30(37)38-2)15-14-28(27)35(20)25-17-23-11-12-24(18-25)34(23)16-13-26(21-7-4-3-5-8-21)32-29(36)22-9-6-10-22/h3-5,7-8,22-26H,6,9-19H2,1-2H3,(H,32,36)/t23-,24+,25?,26-/m0/s1. The van der Waals surface area contributed by atoms with Gasteiger partial charge in [0.1, 0.15) is 5.82 Å². The summed E-state index contributed by atoms with van der Waals surface area (Å²) in [6.45, 7) is 4.35. The highest BCUT2D eigenvalue weighted by Gasteiger charge is 2.42. The van der Waals surface area contributed by atoms with E-state index in [-0.39, 0.29) is 24.0 Å². The van der Waals surface area contributed by atoms with Crippen molar-refractivity contribution in [2.24, 2.45) is 5.92 Å². The summed E-state index contributed by atoms with van der Waals surface area (Å²) in [5, 5.41) is 3.40. The molecule has 2 aromatic rings. The van der Waals surface area contributed by atoms with Gasteiger partial charge in [-0.2, -0.15) is 0 Å². The molecule has 2 amide bonds. The number of hydrogen-bond donors (Lipinski definition) is 1. The molecule has 3 aliphatic heterocycles. The molecule has 0 radical (unpaired) electrons. The zero-order chi connectivity index (χ0) is 26.2. The van der Waals surface area contributed by atoms with Crippen LogP contribution in [0.5, 0.6) is 0 Å². The van der Waals surface area contributed by atoms with Crippen LogP contribution in [0.3, 0.4) is 0 Å². The Hall–Kier alpha value is -2.87. The lowest BCUT2D eigenvalue weighted by Crippen LogP contribution is -2.45. The van der Waals surface area contributed by atoms with Gasteiger partial charge in [0.25, 0.3) is 0 Å². The summed E-state index contributed by atoms with van der Waals surface area (Å²) < 4.78 is 7.44. The summed E-state index contributed by atoms with van der Waals surface area (Å²) >= 11 is 0. The van der Waals surface area contributed by atoms with Crippen molar-refractivity contribution >= 4 is 12.0 Å². The zero-order valence-corrected chi connectivity index (χ0v) is 22.8. The molecule has 1 saturated carbocycles. The first-order valence-corrected chi connectivity index (χ1v) is 14.5. The van der Waals surface area contributed by atoms with E-state index in [9.17, 15) is 9.59 Å². The van der Waals surface area contributed by atoms with Crippen LogP contribution in [-0.2, 0) is 22.5 Å². The quantitative estimate of drug-likeness (QED) is 0.581. The zero-order valence-electron chi connectivity index (χ0n) is 22.8. The number of carbonyl (C=O) groups excluding carboxylic acids is 2. The average molecular weight is 520 g/mol. The maximum atomic E-state index is 12.8. The average Bonchev–Trinajstić information content (AvgIpc) is 3.35. The SMILES string of the molecule is COC(=O)N1CCc2c(nc(C)n2C2C[C@H]3CC[C@@H](C2)N3CC[C@H](NC(=O)C2CCC2)c2ccccc2)C1. The second-order valence-corrected chi connectivity index (χ2v) is 11.7. The molecule has 6 rings (SSSR count). The Morgan fingerprint density at radius 3 is 2.47 bits per heavy atom. The Morgan fingerprint density at radius 1 is 1.08 bits per heavy atom. The molecule has 1 aromatic heterocycles. The Balaban J connectivity index is 1.12. The molecule has 4 atom stereocenters. The van der Waals surface area contributed by atoms with Crippen LogP contribution in [0.1, 0.15) is 86.2 Å². The molecular formula is C30H41N5O3. The van der Waals surface area contributed by atoms with Crippen molar-refractivity contribution in [3.63, 3.8) is 0 Å². The number of hydrogen-bond acceptors (Lipinski definition) is 5. The molecule has 4 aliphatic rings. The van der Waals surface area contributed by atoms with Gasteiger partial charge in [-0.15, -0.1) is 0 Å². The minimum absolute atomic E-state index is 0.0714. The Labute approximate surface area is 225 Å². The van der Waals surface area contributed by atoms with E-state index in [4.69, 9.17) is 9.72 Å². The molecule has 2 bridgehead atoms. The van der Waals surface area contributed by atoms with E-state index in [1.165, 1.54) is 37.6 Å². The third-order valence-corrected chi connectivity index (χ3v) is 9.56. The lowest BCUT2D eigenvalue weighted by atomic mass is 9.84. The first kappa shape index (κ1) is 25.4. The number of ether oxygens (including phenoxy) is 1. The molecule has 8 nitrogen and oxygen atoms in total. The van der Waals surface area contributed by atoms with Gasteiger partial charge in [0.05, 0.1) is 25.4 Å². The van der Waals surface area contributed by atoms with E-state index in [1.807, 2.05) is 6.07 Å². The van der Waals surface area contributed by atoms with Gasteiger partial charge in [-0.25, -0.2) is 9.78 Å². The first-order chi connectivity index (χ1) is 18.5. The summed E-state index contributed by atoms with van der Waals surface area (Å²) in [5.74, 6) is 1.51. The first-order valence-electron chi connectivity index (χ1n) is 14.5. The normalized spacial score (nSPS) is 25.9. The largest absolute Gasteiger partial charge is 0.453 e. The van der Waals surface area contributed by atoms with E-state index in [0.29, 0.717) is 31.2 Å². The van der Waals surface area contributed by atoms with E-state index in [1.54, 1.807) is 4.90 Å². The number of benzene rings is 1. The topological polar surface area (TPSA) is 79.7 Å². The number of amides is 2. The molecule has 1 unspecified atom stereocenters. The second kappa shape index (κ2) is 10.7. The number of nitrogens with zero attached hydrogens (tertiary/aromatic N) is 4. The highest BCUT2D eigenvalue weighted by Crippen LogP contribution is 2.43. The molecule has 38 heavy (non-hydrogen) atoms. The number of aromatic nitrogens is 2. The summed E-state index contributed by atoms with van der Waals surface area (Å²) in [6.07, 6.45) is 9.53. The minimum atomic E-state index is -0.271. The molecule has 4 heterocycles. The number of imidazole rings is 1. The number of aryl methyl sites for hydroxylation is 1. The van der Waals surface area contributed by atoms with Crippen LogP contribution < -0.4 is 5.32 Å². The number of nitrogens with one attached hydrogen (secondary N) is 1. The fraction of sp³-hybridized carbons (Fsp3) is 0.633. The van der Waals surface area contributed by atoms with Gasteiger partial charge in [0.2, 0.25) is 5.91 Å². The predicted molar refractivity (Wildman–Crippen MR) is 145 cm³/mol. The van der Waals surface area contributed by atoms with Gasteiger partial charge in [-0.05, 0) is 57.4 Å². The van der Waals surface area contributed by atoms with Crippen molar-refractivity contribution in [2.75, 3.05) is 20.2 Å². The molecule has 1 aliphatic carbocycles. The third-order valence-electron chi connectivity index (χ3n) is 9.56. The summed E-state index contributed by atoms with van der Waals surface area (Å²) in [7, 11) is 1.44. The van der Waals surface area contributed by atoms with Crippen LogP contribution >= 0.6 is 0 Å². The number of carbonyl (C=O) groups is 2. The van der Waals surface area contributed by atoms with E-state index in [2.05, 4.69) is 46.0 Å². The fourth-order valence-electron chi connectivity index (χ4n) is 7.38. The van der Waals surface area contributed by atoms with E-state index < -0.39 is 0 Å². The lowest BCUT2D eigenvalue weighted by Gasteiger charge is -2.41. The van der Waals surface area contributed by atoms with Crippen LogP contribution in [0.2, 0.25) is 0 Å². The van der Waals surface area contributed by atoms with Crippen LogP contribution in [0.25, 0.3) is 0 Å². The van der Waals surface area contributed by atoms with Crippen molar-refractivity contribution in [1.29, 1.82) is 0 Å². The smallest absolute Gasteiger partial charge is 0.409 e. The molecule has 1 aromatic carbocycles. The van der Waals surface area contributed by atoms with Gasteiger partial charge in [0, 0.05) is 49.2 Å². The third kappa shape index (κ3) is 4.83. The van der Waals surface area contributed by atoms with Crippen LogP contribution in [0, 0.1) is 12.8 Å². The number of fused-ring (bicyclic) bond motifs is 3. The Morgan fingerprint density at radius 2 is 1.82 bits per heavy atom. The van der Waals surface area contributed by atoms with E-state index in [0.717, 1.165) is 56.6 Å². The summed E-state index contributed by atoms with van der Waals surface area (Å²) in [4.78, 5) is 34.3. The number of rotatable bonds is 7. The van der Waals surface area contributed by atoms with Crippen molar-refractivity contribution in [1.82, 2.24) is 24.7 Å². The Kier molecular flexibility index (Phi) is 7.16. The van der Waals surface area contributed by atoms with Gasteiger partial charge in [0.15, 0.2) is 0 Å². The van der Waals surface area contributed by atoms with Gasteiger partial charge in [-0.3, -0.25) is 9.69 Å². The van der Waals surface area contributed by atoms with Crippen molar-refractivity contribution in [3.05, 3.63) is 53.1 Å². The monoisotopic (exact) mass is 519 g/mol. The number of piperidine rings is 1. The minimum Gasteiger partial charge on any atom is -0.453 e. The van der Waals surface area contributed by atoms with Gasteiger partial charge in [-0.1, -0.05) is 36.8 Å². The highest BCUT2D eigenvalue weighted by atomic mass is 16.5. The fourth-order valence-corrected chi connectivity index (χ4v) is 7.38. The molecule has 2 saturated heterocycles. The summed E-state index contributed by atoms with van der Waals surface area (Å²) in [6, 6.07) is 12.2. The van der Waals surface area contributed by atoms with Crippen LogP contribution in [-0.4, -0.2) is 63.6 Å². The maximum Gasteiger partial charge on any atom is 0.409 e. The van der Waals surface area contributed by atoms with Gasteiger partial charge >= 0.3 is 6.09 Å². The van der Waals surface area contributed by atoms with E-state index >= 15 is 0 Å². The molecular weight excluding hydrogens is 478 g/mol. The number of methoxy groups -OCH3 is 1. The molecule has 1 N–H and O–H groups in total. The second-order valence-electron chi connectivity index (χ2n) is 11.7. The molecule has 8 heteroatoms. The lowest BCUT2D eigenvalue weighted by molar-refractivity contribution is -0.128. The Bertz CT molecular complexity index is 1150. The van der Waals surface area contributed by atoms with Crippen LogP contribution in [0.15, 0.2) is 30.3 Å². The highest BCUT2D eigenvalue weighted by molar-refractivity contribution is 5.79. The molecule has 204 valence electrons. The summed E-state index contributed by atoms with van der Waals surface area (Å²) in [5.41, 5.74) is 3.55. The maximum absolute atomic E-state index is 12.8. The van der Waals surface area contributed by atoms with Crippen LogP contribution in [0.4, 0.5) is 4.79 Å². The van der Waals surface area contributed by atoms with Crippen molar-refractivity contribution in [2.45, 2.75) is 95.4 Å². The molecule has 3 fully saturated rings. The van der Waals surface area contributed by atoms with Gasteiger partial charge < -0.3 is 19.5 Å². The van der Waals surface area contributed by atoms with Crippen molar-refractivity contribution in [3.8, 4) is 0 Å². The molecule has 0 spiro atoms.